The molecule has 0 aliphatic carbocycles. The average Bonchev–Trinajstić information content (AvgIpc) is 2.86. The molecule has 8 heteroatoms. The molecule has 1 aromatic heterocycles. The van der Waals surface area contributed by atoms with E-state index >= 15 is 4.39 Å². The molecular formula is C27H32FNO6. The van der Waals surface area contributed by atoms with E-state index in [0.29, 0.717) is 29.0 Å². The van der Waals surface area contributed by atoms with E-state index in [0.717, 1.165) is 34.9 Å². The van der Waals surface area contributed by atoms with Gasteiger partial charge in [-0.3, -0.25) is 4.79 Å². The molecule has 1 aliphatic rings. The van der Waals surface area contributed by atoms with Crippen LogP contribution in [0, 0.1) is 12.7 Å². The smallest absolute Gasteiger partial charge is 0.256 e. The first-order valence-electron chi connectivity index (χ1n) is 11.7. The Kier molecular flexibility index (Phi) is 7.02. The summed E-state index contributed by atoms with van der Waals surface area (Å²) < 4.78 is 37.2. The van der Waals surface area contributed by atoms with Crippen molar-refractivity contribution in [2.75, 3.05) is 27.4 Å². The average molecular weight is 486 g/mol. The Balaban J connectivity index is 1.82. The van der Waals surface area contributed by atoms with Crippen LogP contribution in [0.2, 0.25) is 0 Å². The van der Waals surface area contributed by atoms with Gasteiger partial charge in [0.05, 0.1) is 13.2 Å². The van der Waals surface area contributed by atoms with Crippen LogP contribution < -0.4 is 10.3 Å². The first-order valence-corrected chi connectivity index (χ1v) is 11.7. The summed E-state index contributed by atoms with van der Waals surface area (Å²) in [6, 6.07) is 8.76. The zero-order chi connectivity index (χ0) is 25.4. The number of hydrogen-bond acceptors (Lipinski definition) is 6. The number of fused-ring (bicyclic) bond motifs is 2. The van der Waals surface area contributed by atoms with E-state index in [1.165, 1.54) is 27.2 Å². The van der Waals surface area contributed by atoms with Crippen molar-refractivity contribution in [3.8, 4) is 16.9 Å². The van der Waals surface area contributed by atoms with Gasteiger partial charge >= 0.3 is 0 Å². The monoisotopic (exact) mass is 485 g/mol. The molecule has 0 radical (unpaired) electrons. The molecule has 0 saturated carbocycles. The summed E-state index contributed by atoms with van der Waals surface area (Å²) in [5.74, 6) is -3.27. The minimum absolute atomic E-state index is 0.0979. The van der Waals surface area contributed by atoms with Crippen LogP contribution in [0.5, 0.6) is 5.75 Å². The van der Waals surface area contributed by atoms with Crippen LogP contribution in [-0.4, -0.2) is 49.1 Å². The van der Waals surface area contributed by atoms with Gasteiger partial charge < -0.3 is 29.0 Å². The molecule has 7 nitrogen and oxygen atoms in total. The van der Waals surface area contributed by atoms with Crippen LogP contribution in [0.1, 0.15) is 37.1 Å². The molecule has 0 bridgehead atoms. The second kappa shape index (κ2) is 9.70. The first kappa shape index (κ1) is 25.3. The SMILES string of the molecule is COC(C)(O)C(C)(OC)OCCc1[nH]c(=O)c2ccccc2c1-c1cc(F)c2c(c1C)CCCO2. The Labute approximate surface area is 203 Å². The molecule has 2 N–H and O–H groups in total. The van der Waals surface area contributed by atoms with E-state index in [-0.39, 0.29) is 18.6 Å². The Hall–Kier alpha value is -2.78. The molecule has 0 fully saturated rings. The third kappa shape index (κ3) is 4.47. The molecule has 2 aromatic carbocycles. The summed E-state index contributed by atoms with van der Waals surface area (Å²) in [5.41, 5.74) is 3.58. The number of rotatable bonds is 8. The van der Waals surface area contributed by atoms with Gasteiger partial charge in [0.1, 0.15) is 0 Å². The normalized spacial score (nSPS) is 16.9. The zero-order valence-electron chi connectivity index (χ0n) is 20.8. The van der Waals surface area contributed by atoms with Crippen molar-refractivity contribution in [1.82, 2.24) is 4.98 Å². The van der Waals surface area contributed by atoms with Crippen molar-refractivity contribution in [1.29, 1.82) is 0 Å². The van der Waals surface area contributed by atoms with Gasteiger partial charge in [0.15, 0.2) is 11.6 Å². The number of aromatic amines is 1. The number of benzene rings is 2. The lowest BCUT2D eigenvalue weighted by atomic mass is 9.88. The maximum Gasteiger partial charge on any atom is 0.256 e. The molecule has 188 valence electrons. The van der Waals surface area contributed by atoms with Gasteiger partial charge in [-0.25, -0.2) is 4.39 Å². The zero-order valence-corrected chi connectivity index (χ0v) is 20.8. The maximum atomic E-state index is 15.2. The minimum atomic E-state index is -1.71. The van der Waals surface area contributed by atoms with E-state index in [1.54, 1.807) is 19.1 Å². The quantitative estimate of drug-likeness (QED) is 0.464. The molecule has 0 saturated heterocycles. The summed E-state index contributed by atoms with van der Waals surface area (Å²) in [5, 5.41) is 11.8. The second-order valence-electron chi connectivity index (χ2n) is 9.08. The molecule has 2 heterocycles. The van der Waals surface area contributed by atoms with Crippen molar-refractivity contribution < 1.29 is 28.4 Å². The third-order valence-electron chi connectivity index (χ3n) is 7.07. The largest absolute Gasteiger partial charge is 0.490 e. The van der Waals surface area contributed by atoms with Crippen LogP contribution in [0.15, 0.2) is 35.1 Å². The summed E-state index contributed by atoms with van der Waals surface area (Å²) in [7, 11) is 2.77. The van der Waals surface area contributed by atoms with Crippen molar-refractivity contribution in [2.24, 2.45) is 0 Å². The fourth-order valence-corrected chi connectivity index (χ4v) is 4.66. The van der Waals surface area contributed by atoms with E-state index in [4.69, 9.17) is 18.9 Å². The number of H-pyrrole nitrogens is 1. The van der Waals surface area contributed by atoms with Gasteiger partial charge in [-0.1, -0.05) is 18.2 Å². The lowest BCUT2D eigenvalue weighted by molar-refractivity contribution is -0.371. The number of aromatic nitrogens is 1. The number of nitrogens with one attached hydrogen (secondary N) is 1. The van der Waals surface area contributed by atoms with Crippen LogP contribution in [0.4, 0.5) is 4.39 Å². The minimum Gasteiger partial charge on any atom is -0.490 e. The summed E-state index contributed by atoms with van der Waals surface area (Å²) in [6.07, 6.45) is 1.82. The van der Waals surface area contributed by atoms with Crippen molar-refractivity contribution in [2.45, 2.75) is 51.6 Å². The topological polar surface area (TPSA) is 90.0 Å². The van der Waals surface area contributed by atoms with Gasteiger partial charge in [-0.2, -0.15) is 0 Å². The van der Waals surface area contributed by atoms with Crippen LogP contribution in [-0.2, 0) is 27.1 Å². The van der Waals surface area contributed by atoms with Gasteiger partial charge in [-0.05, 0) is 62.3 Å². The fraction of sp³-hybridized carbons (Fsp3) is 0.444. The second-order valence-corrected chi connectivity index (χ2v) is 9.08. The van der Waals surface area contributed by atoms with Crippen LogP contribution in [0.25, 0.3) is 21.9 Å². The third-order valence-corrected chi connectivity index (χ3v) is 7.07. The van der Waals surface area contributed by atoms with Crippen LogP contribution in [0.3, 0.4) is 0 Å². The first-order chi connectivity index (χ1) is 16.6. The predicted molar refractivity (Wildman–Crippen MR) is 131 cm³/mol. The predicted octanol–water partition coefficient (Wildman–Crippen LogP) is 4.24. The van der Waals surface area contributed by atoms with Gasteiger partial charge in [-0.15, -0.1) is 0 Å². The Morgan fingerprint density at radius 3 is 2.57 bits per heavy atom. The van der Waals surface area contributed by atoms with E-state index in [2.05, 4.69) is 4.98 Å². The molecule has 2 unspecified atom stereocenters. The number of halogens is 1. The highest BCUT2D eigenvalue weighted by molar-refractivity contribution is 5.98. The molecule has 0 spiro atoms. The highest BCUT2D eigenvalue weighted by Gasteiger charge is 2.45. The number of aliphatic hydroxyl groups is 1. The Bertz CT molecular complexity index is 1300. The number of ether oxygens (including phenoxy) is 4. The Morgan fingerprint density at radius 1 is 1.17 bits per heavy atom. The fourth-order valence-electron chi connectivity index (χ4n) is 4.66. The van der Waals surface area contributed by atoms with Crippen molar-refractivity contribution >= 4 is 10.8 Å². The number of hydrogen-bond donors (Lipinski definition) is 2. The molecule has 0 amide bonds. The standard InChI is InChI=1S/C27H32FNO6/c1-16-17-11-8-13-34-24(17)21(28)15-20(16)23-18-9-6-7-10-19(18)25(30)29-22(23)12-14-35-27(3,33-5)26(2,31)32-4/h6-7,9-10,15,31H,8,11-14H2,1-5H3,(H,29,30). The van der Waals surface area contributed by atoms with Crippen molar-refractivity contribution in [3.63, 3.8) is 0 Å². The summed E-state index contributed by atoms with van der Waals surface area (Å²) in [4.78, 5) is 15.9. The molecule has 35 heavy (non-hydrogen) atoms. The number of pyridine rings is 1. The molecule has 2 atom stereocenters. The lowest BCUT2D eigenvalue weighted by Gasteiger charge is -2.39. The molecular weight excluding hydrogens is 453 g/mol. The lowest BCUT2D eigenvalue weighted by Crippen LogP contribution is -2.54. The maximum absolute atomic E-state index is 15.2. The Morgan fingerprint density at radius 2 is 1.89 bits per heavy atom. The molecule has 4 rings (SSSR count). The molecule has 3 aromatic rings. The summed E-state index contributed by atoms with van der Waals surface area (Å²) in [6.45, 7) is 5.57. The molecule has 1 aliphatic heterocycles. The highest BCUT2D eigenvalue weighted by atomic mass is 19.1. The van der Waals surface area contributed by atoms with E-state index in [9.17, 15) is 9.90 Å². The summed E-state index contributed by atoms with van der Waals surface area (Å²) >= 11 is 0. The van der Waals surface area contributed by atoms with Crippen LogP contribution >= 0.6 is 0 Å². The van der Waals surface area contributed by atoms with Gasteiger partial charge in [0.25, 0.3) is 5.56 Å². The highest BCUT2D eigenvalue weighted by Crippen LogP contribution is 2.40. The van der Waals surface area contributed by atoms with Crippen molar-refractivity contribution in [3.05, 3.63) is 63.3 Å². The van der Waals surface area contributed by atoms with E-state index < -0.39 is 17.4 Å². The number of methoxy groups -OCH3 is 2. The van der Waals surface area contributed by atoms with Gasteiger partial charge in [0, 0.05) is 42.8 Å². The van der Waals surface area contributed by atoms with Gasteiger partial charge in [0.2, 0.25) is 11.6 Å². The van der Waals surface area contributed by atoms with E-state index in [1.807, 2.05) is 19.1 Å².